The second-order valence-corrected chi connectivity index (χ2v) is 3.72. The Morgan fingerprint density at radius 2 is 1.54 bits per heavy atom. The number of hydrogen-bond donors (Lipinski definition) is 0. The molecule has 0 aliphatic rings. The summed E-state index contributed by atoms with van der Waals surface area (Å²) in [5, 5.41) is 0. The number of aryl methyl sites for hydroxylation is 2. The zero-order valence-corrected chi connectivity index (χ0v) is 9.48. The van der Waals surface area contributed by atoms with E-state index < -0.39 is 6.68 Å². The molecule has 0 nitrogen and oxygen atoms in total. The summed E-state index contributed by atoms with van der Waals surface area (Å²) in [6.07, 6.45) is 0. The van der Waals surface area contributed by atoms with Crippen LogP contribution >= 0.6 is 22.6 Å². The number of halogens is 4. The Hall–Kier alpha value is -0.260. The van der Waals surface area contributed by atoms with Crippen molar-refractivity contribution < 1.29 is 13.2 Å². The molecule has 4 heteroatoms. The van der Waals surface area contributed by atoms with Gasteiger partial charge < -0.3 is 0 Å². The Labute approximate surface area is 89.3 Å². The predicted molar refractivity (Wildman–Crippen MR) is 55.7 cm³/mol. The molecule has 0 aliphatic heterocycles. The van der Waals surface area contributed by atoms with Crippen LogP contribution in [0, 0.1) is 17.4 Å². The number of hydrogen-bond acceptors (Lipinski definition) is 0. The summed E-state index contributed by atoms with van der Waals surface area (Å²) in [6, 6.07) is 6.47. The summed E-state index contributed by atoms with van der Waals surface area (Å²) in [6.45, 7) is 0.600. The fraction of sp³-hybridized carbons (Fsp3) is 0.333. The molecule has 0 atom stereocenters. The van der Waals surface area contributed by atoms with E-state index in [1.165, 1.54) is 14.7 Å². The summed E-state index contributed by atoms with van der Waals surface area (Å²) < 4.78 is 30.3. The first kappa shape index (κ1) is 12.7. The molecular formula is C9H10F3I. The lowest BCUT2D eigenvalue weighted by Gasteiger charge is -1.97. The third kappa shape index (κ3) is 6.86. The SMILES string of the molecule is Cc1ccc(I)cc1C.FC(F)F. The molecule has 74 valence electrons. The highest BCUT2D eigenvalue weighted by Crippen LogP contribution is 2.10. The van der Waals surface area contributed by atoms with Gasteiger partial charge in [0.15, 0.2) is 0 Å². The fourth-order valence-corrected chi connectivity index (χ4v) is 1.35. The molecule has 0 bridgehead atoms. The van der Waals surface area contributed by atoms with E-state index >= 15 is 0 Å². The van der Waals surface area contributed by atoms with Crippen LogP contribution in [-0.4, -0.2) is 6.68 Å². The van der Waals surface area contributed by atoms with Crippen LogP contribution in [0.4, 0.5) is 13.2 Å². The molecule has 0 saturated carbocycles. The van der Waals surface area contributed by atoms with Crippen LogP contribution in [-0.2, 0) is 0 Å². The summed E-state index contributed by atoms with van der Waals surface area (Å²) in [5.74, 6) is 0. The van der Waals surface area contributed by atoms with Crippen molar-refractivity contribution in [2.45, 2.75) is 20.5 Å². The summed E-state index contributed by atoms with van der Waals surface area (Å²) in [4.78, 5) is 0. The summed E-state index contributed by atoms with van der Waals surface area (Å²) >= 11 is 2.32. The lowest BCUT2D eigenvalue weighted by Crippen LogP contribution is -1.79. The third-order valence-electron chi connectivity index (χ3n) is 1.47. The fourth-order valence-electron chi connectivity index (χ4n) is 0.705. The Bertz CT molecular complexity index is 258. The molecule has 0 heterocycles. The van der Waals surface area contributed by atoms with Crippen molar-refractivity contribution in [1.29, 1.82) is 0 Å². The zero-order chi connectivity index (χ0) is 10.4. The van der Waals surface area contributed by atoms with Crippen molar-refractivity contribution in [3.63, 3.8) is 0 Å². The minimum absolute atomic E-state index is 1.32. The van der Waals surface area contributed by atoms with Gasteiger partial charge in [-0.1, -0.05) is 6.07 Å². The van der Waals surface area contributed by atoms with E-state index in [1.54, 1.807) is 0 Å². The van der Waals surface area contributed by atoms with Crippen molar-refractivity contribution in [3.05, 3.63) is 32.9 Å². The van der Waals surface area contributed by atoms with Crippen LogP contribution in [0.5, 0.6) is 0 Å². The maximum atomic E-state index is 9.67. The van der Waals surface area contributed by atoms with Crippen molar-refractivity contribution >= 4 is 22.6 Å². The van der Waals surface area contributed by atoms with E-state index in [1.807, 2.05) is 0 Å². The van der Waals surface area contributed by atoms with Crippen LogP contribution in [0.25, 0.3) is 0 Å². The molecule has 1 aromatic rings. The molecule has 0 unspecified atom stereocenters. The number of rotatable bonds is 0. The minimum atomic E-state index is -3.67. The van der Waals surface area contributed by atoms with Gasteiger partial charge in [-0.3, -0.25) is 0 Å². The molecule has 0 fully saturated rings. The van der Waals surface area contributed by atoms with E-state index in [0.717, 1.165) is 0 Å². The van der Waals surface area contributed by atoms with Gasteiger partial charge in [0, 0.05) is 3.57 Å². The van der Waals surface area contributed by atoms with Crippen LogP contribution in [0.2, 0.25) is 0 Å². The van der Waals surface area contributed by atoms with Gasteiger partial charge >= 0.3 is 6.68 Å². The average Bonchev–Trinajstić information content (AvgIpc) is 1.96. The first-order chi connectivity index (χ1) is 5.93. The molecule has 13 heavy (non-hydrogen) atoms. The molecule has 1 rings (SSSR count). The maximum absolute atomic E-state index is 9.67. The van der Waals surface area contributed by atoms with E-state index in [9.17, 15) is 13.2 Å². The number of benzene rings is 1. The third-order valence-corrected chi connectivity index (χ3v) is 2.14. The van der Waals surface area contributed by atoms with Crippen molar-refractivity contribution in [1.82, 2.24) is 0 Å². The topological polar surface area (TPSA) is 0 Å². The van der Waals surface area contributed by atoms with Gasteiger partial charge in [-0.25, -0.2) is 0 Å². The Morgan fingerprint density at radius 3 is 1.85 bits per heavy atom. The quantitative estimate of drug-likeness (QED) is 0.633. The average molecular weight is 302 g/mol. The first-order valence-electron chi connectivity index (χ1n) is 3.58. The molecule has 0 radical (unpaired) electrons. The van der Waals surface area contributed by atoms with Crippen LogP contribution in [0.15, 0.2) is 18.2 Å². The highest BCUT2D eigenvalue weighted by atomic mass is 127. The van der Waals surface area contributed by atoms with Gasteiger partial charge in [-0.05, 0) is 59.7 Å². The Morgan fingerprint density at radius 1 is 1.08 bits per heavy atom. The van der Waals surface area contributed by atoms with Gasteiger partial charge in [0.05, 0.1) is 0 Å². The normalized spacial score (nSPS) is 9.46. The van der Waals surface area contributed by atoms with Crippen molar-refractivity contribution in [3.8, 4) is 0 Å². The van der Waals surface area contributed by atoms with Crippen LogP contribution in [0.1, 0.15) is 11.1 Å². The largest absolute Gasteiger partial charge is 0.379 e. The lowest BCUT2D eigenvalue weighted by atomic mass is 10.1. The van der Waals surface area contributed by atoms with Gasteiger partial charge in [-0.15, -0.1) is 0 Å². The standard InChI is InChI=1S/C8H9I.CHF3/c1-6-3-4-8(9)5-7(6)2;2-1(3)4/h3-5H,1-2H3;1H. The minimum Gasteiger partial charge on any atom is -0.174 e. The van der Waals surface area contributed by atoms with Gasteiger partial charge in [0.25, 0.3) is 0 Å². The second-order valence-electron chi connectivity index (χ2n) is 2.48. The van der Waals surface area contributed by atoms with E-state index in [-0.39, 0.29) is 0 Å². The second kappa shape index (κ2) is 6.23. The van der Waals surface area contributed by atoms with E-state index in [0.29, 0.717) is 0 Å². The smallest absolute Gasteiger partial charge is 0.174 e. The molecular weight excluding hydrogens is 292 g/mol. The Kier molecular flexibility index (Phi) is 6.11. The summed E-state index contributed by atoms with van der Waals surface area (Å²) in [7, 11) is 0. The van der Waals surface area contributed by atoms with E-state index in [2.05, 4.69) is 54.6 Å². The zero-order valence-electron chi connectivity index (χ0n) is 7.32. The summed E-state index contributed by atoms with van der Waals surface area (Å²) in [5.41, 5.74) is 2.75. The molecule has 0 aromatic heterocycles. The van der Waals surface area contributed by atoms with Crippen LogP contribution < -0.4 is 0 Å². The van der Waals surface area contributed by atoms with Gasteiger partial charge in [0.1, 0.15) is 0 Å². The predicted octanol–water partition coefficient (Wildman–Crippen LogP) is 4.09. The first-order valence-corrected chi connectivity index (χ1v) is 4.66. The monoisotopic (exact) mass is 302 g/mol. The molecule has 0 N–H and O–H groups in total. The highest BCUT2D eigenvalue weighted by Gasteiger charge is 1.90. The van der Waals surface area contributed by atoms with Gasteiger partial charge in [0.2, 0.25) is 0 Å². The Balaban J connectivity index is 0.000000310. The van der Waals surface area contributed by atoms with Crippen LogP contribution in [0.3, 0.4) is 0 Å². The van der Waals surface area contributed by atoms with Crippen molar-refractivity contribution in [2.24, 2.45) is 0 Å². The number of alkyl halides is 3. The van der Waals surface area contributed by atoms with Gasteiger partial charge in [-0.2, -0.15) is 13.2 Å². The molecule has 0 saturated heterocycles. The molecule has 0 spiro atoms. The van der Waals surface area contributed by atoms with Crippen molar-refractivity contribution in [2.75, 3.05) is 0 Å². The maximum Gasteiger partial charge on any atom is 0.379 e. The molecule has 0 aliphatic carbocycles. The molecule has 0 amide bonds. The molecule has 1 aromatic carbocycles. The van der Waals surface area contributed by atoms with E-state index in [4.69, 9.17) is 0 Å². The lowest BCUT2D eigenvalue weighted by molar-refractivity contribution is 0.00819. The highest BCUT2D eigenvalue weighted by molar-refractivity contribution is 14.1.